The molecule has 0 amide bonds. The number of hydrogen-bond donors (Lipinski definition) is 0. The zero-order valence-corrected chi connectivity index (χ0v) is 12.4. The highest BCUT2D eigenvalue weighted by molar-refractivity contribution is 9.11. The first kappa shape index (κ1) is 13.5. The van der Waals surface area contributed by atoms with E-state index in [2.05, 4.69) is 34.7 Å². The number of esters is 1. The van der Waals surface area contributed by atoms with Crippen molar-refractivity contribution in [3.8, 4) is 0 Å². The highest BCUT2D eigenvalue weighted by atomic mass is 79.9. The molecule has 0 N–H and O–H groups in total. The van der Waals surface area contributed by atoms with Gasteiger partial charge in [-0.3, -0.25) is 0 Å². The maximum absolute atomic E-state index is 11.6. The predicted molar refractivity (Wildman–Crippen MR) is 71.7 cm³/mol. The molecule has 1 rings (SSSR count). The Kier molecular flexibility index (Phi) is 4.80. The maximum Gasteiger partial charge on any atom is 0.340 e. The molecule has 0 aliphatic heterocycles. The molecule has 0 unspecified atom stereocenters. The van der Waals surface area contributed by atoms with Gasteiger partial charge >= 0.3 is 5.97 Å². The van der Waals surface area contributed by atoms with Crippen LogP contribution in [0.5, 0.6) is 0 Å². The summed E-state index contributed by atoms with van der Waals surface area (Å²) in [6.07, 6.45) is 0. The third-order valence-electron chi connectivity index (χ3n) is 2.52. The van der Waals surface area contributed by atoms with Crippen LogP contribution in [0.4, 0.5) is 5.00 Å². The summed E-state index contributed by atoms with van der Waals surface area (Å²) in [4.78, 5) is 13.8. The molecule has 0 atom stereocenters. The number of halogens is 1. The largest absolute Gasteiger partial charge is 0.465 e. The van der Waals surface area contributed by atoms with Crippen molar-refractivity contribution in [2.75, 3.05) is 25.1 Å². The summed E-state index contributed by atoms with van der Waals surface area (Å²) in [6.45, 7) is 8.04. The van der Waals surface area contributed by atoms with E-state index in [-0.39, 0.29) is 5.97 Å². The van der Waals surface area contributed by atoms with Gasteiger partial charge in [0.2, 0.25) is 0 Å². The fourth-order valence-corrected chi connectivity index (χ4v) is 3.68. The van der Waals surface area contributed by atoms with E-state index in [0.29, 0.717) is 5.56 Å². The number of nitrogens with zero attached hydrogens (tertiary/aromatic N) is 1. The van der Waals surface area contributed by atoms with Gasteiger partial charge in [0.15, 0.2) is 0 Å². The first-order valence-electron chi connectivity index (χ1n) is 5.18. The molecule has 5 heteroatoms. The second-order valence-electron chi connectivity index (χ2n) is 3.34. The standard InChI is InChI=1S/C11H16BrNO2S/c1-5-13(6-2)10-7(3)8(9(12)16-10)11(14)15-4/h5-6H2,1-4H3. The normalized spacial score (nSPS) is 10.3. The van der Waals surface area contributed by atoms with Gasteiger partial charge in [-0.05, 0) is 42.3 Å². The van der Waals surface area contributed by atoms with Crippen LogP contribution in [-0.2, 0) is 4.74 Å². The Morgan fingerprint density at radius 2 is 2.00 bits per heavy atom. The number of carbonyl (C=O) groups excluding carboxylic acids is 1. The minimum atomic E-state index is -0.279. The number of carbonyl (C=O) groups is 1. The lowest BCUT2D eigenvalue weighted by molar-refractivity contribution is 0.0599. The van der Waals surface area contributed by atoms with Crippen molar-refractivity contribution in [2.45, 2.75) is 20.8 Å². The number of anilines is 1. The van der Waals surface area contributed by atoms with Crippen LogP contribution in [0, 0.1) is 6.92 Å². The van der Waals surface area contributed by atoms with Crippen LogP contribution in [0.15, 0.2) is 3.79 Å². The third kappa shape index (κ3) is 2.40. The average molecular weight is 306 g/mol. The Labute approximate surface area is 109 Å². The molecule has 0 aliphatic carbocycles. The smallest absolute Gasteiger partial charge is 0.340 e. The Balaban J connectivity index is 3.20. The van der Waals surface area contributed by atoms with Gasteiger partial charge < -0.3 is 9.64 Å². The van der Waals surface area contributed by atoms with Gasteiger partial charge in [0.1, 0.15) is 0 Å². The summed E-state index contributed by atoms with van der Waals surface area (Å²) in [6, 6.07) is 0. The fourth-order valence-electron chi connectivity index (χ4n) is 1.61. The van der Waals surface area contributed by atoms with Crippen LogP contribution in [0.25, 0.3) is 0 Å². The lowest BCUT2D eigenvalue weighted by Crippen LogP contribution is -2.21. The van der Waals surface area contributed by atoms with Crippen molar-refractivity contribution in [2.24, 2.45) is 0 Å². The quantitative estimate of drug-likeness (QED) is 0.798. The average Bonchev–Trinajstić information content (AvgIpc) is 2.56. The predicted octanol–water partition coefficient (Wildman–Crippen LogP) is 3.45. The molecule has 0 aromatic carbocycles. The Hall–Kier alpha value is -0.550. The van der Waals surface area contributed by atoms with Crippen LogP contribution in [0.3, 0.4) is 0 Å². The molecule has 1 aromatic heterocycles. The van der Waals surface area contributed by atoms with Crippen LogP contribution in [0.2, 0.25) is 0 Å². The van der Waals surface area contributed by atoms with E-state index < -0.39 is 0 Å². The van der Waals surface area contributed by atoms with Crippen molar-refractivity contribution in [1.82, 2.24) is 0 Å². The van der Waals surface area contributed by atoms with Crippen LogP contribution < -0.4 is 4.90 Å². The molecular weight excluding hydrogens is 290 g/mol. The van der Waals surface area contributed by atoms with Gasteiger partial charge in [-0.25, -0.2) is 4.79 Å². The zero-order valence-electron chi connectivity index (χ0n) is 9.96. The van der Waals surface area contributed by atoms with Gasteiger partial charge in [0.05, 0.1) is 21.5 Å². The van der Waals surface area contributed by atoms with Gasteiger partial charge in [-0.15, -0.1) is 11.3 Å². The highest BCUT2D eigenvalue weighted by Crippen LogP contribution is 2.39. The van der Waals surface area contributed by atoms with Crippen molar-refractivity contribution in [1.29, 1.82) is 0 Å². The molecule has 0 saturated heterocycles. The van der Waals surface area contributed by atoms with Crippen molar-refractivity contribution < 1.29 is 9.53 Å². The zero-order chi connectivity index (χ0) is 12.3. The molecular formula is C11H16BrNO2S. The van der Waals surface area contributed by atoms with Gasteiger partial charge in [0, 0.05) is 13.1 Å². The minimum absolute atomic E-state index is 0.279. The molecule has 0 saturated carbocycles. The van der Waals surface area contributed by atoms with E-state index in [0.717, 1.165) is 27.4 Å². The van der Waals surface area contributed by atoms with Crippen molar-refractivity contribution >= 4 is 38.2 Å². The van der Waals surface area contributed by atoms with Crippen molar-refractivity contribution in [3.63, 3.8) is 0 Å². The summed E-state index contributed by atoms with van der Waals surface area (Å²) >= 11 is 5.01. The second kappa shape index (κ2) is 5.68. The maximum atomic E-state index is 11.6. The molecule has 1 aromatic rings. The number of methoxy groups -OCH3 is 1. The summed E-state index contributed by atoms with van der Waals surface area (Å²) in [5, 5.41) is 1.14. The van der Waals surface area contributed by atoms with Crippen LogP contribution >= 0.6 is 27.3 Å². The van der Waals surface area contributed by atoms with Gasteiger partial charge in [0.25, 0.3) is 0 Å². The monoisotopic (exact) mass is 305 g/mol. The van der Waals surface area contributed by atoms with Gasteiger partial charge in [-0.2, -0.15) is 0 Å². The lowest BCUT2D eigenvalue weighted by Gasteiger charge is -2.19. The first-order valence-corrected chi connectivity index (χ1v) is 6.79. The molecule has 0 spiro atoms. The lowest BCUT2D eigenvalue weighted by atomic mass is 10.2. The summed E-state index contributed by atoms with van der Waals surface area (Å²) < 4.78 is 5.62. The number of rotatable bonds is 4. The number of thiophene rings is 1. The Bertz CT molecular complexity index is 386. The minimum Gasteiger partial charge on any atom is -0.465 e. The Morgan fingerprint density at radius 3 is 2.44 bits per heavy atom. The molecule has 0 bridgehead atoms. The summed E-state index contributed by atoms with van der Waals surface area (Å²) in [5.74, 6) is -0.279. The molecule has 0 aliphatic rings. The molecule has 1 heterocycles. The van der Waals surface area contributed by atoms with E-state index in [1.165, 1.54) is 7.11 Å². The van der Waals surface area contributed by atoms with E-state index in [4.69, 9.17) is 4.74 Å². The fraction of sp³-hybridized carbons (Fsp3) is 0.545. The van der Waals surface area contributed by atoms with Crippen LogP contribution in [0.1, 0.15) is 29.8 Å². The first-order chi connectivity index (χ1) is 7.56. The summed E-state index contributed by atoms with van der Waals surface area (Å²) in [5.41, 5.74) is 1.64. The SMILES string of the molecule is CCN(CC)c1sc(Br)c(C(=O)OC)c1C. The third-order valence-corrected chi connectivity index (χ3v) is 4.54. The van der Waals surface area contributed by atoms with E-state index in [1.807, 2.05) is 6.92 Å². The highest BCUT2D eigenvalue weighted by Gasteiger charge is 2.22. The van der Waals surface area contributed by atoms with Crippen molar-refractivity contribution in [3.05, 3.63) is 14.9 Å². The molecule has 90 valence electrons. The van der Waals surface area contributed by atoms with Crippen LogP contribution in [-0.4, -0.2) is 26.2 Å². The summed E-state index contributed by atoms with van der Waals surface area (Å²) in [7, 11) is 1.41. The number of hydrogen-bond acceptors (Lipinski definition) is 4. The molecule has 0 radical (unpaired) electrons. The molecule has 0 fully saturated rings. The van der Waals surface area contributed by atoms with E-state index >= 15 is 0 Å². The van der Waals surface area contributed by atoms with E-state index in [9.17, 15) is 4.79 Å². The van der Waals surface area contributed by atoms with E-state index in [1.54, 1.807) is 11.3 Å². The molecule has 3 nitrogen and oxygen atoms in total. The second-order valence-corrected chi connectivity index (χ2v) is 5.66. The number of ether oxygens (including phenoxy) is 1. The Morgan fingerprint density at radius 1 is 1.44 bits per heavy atom. The molecule has 16 heavy (non-hydrogen) atoms. The van der Waals surface area contributed by atoms with Gasteiger partial charge in [-0.1, -0.05) is 0 Å². The topological polar surface area (TPSA) is 29.5 Å².